The summed E-state index contributed by atoms with van der Waals surface area (Å²) in [5, 5.41) is 0. The van der Waals surface area contributed by atoms with Crippen molar-refractivity contribution in [2.75, 3.05) is 0 Å². The molecule has 0 spiro atoms. The first-order valence-corrected chi connectivity index (χ1v) is 7.05. The zero-order valence-corrected chi connectivity index (χ0v) is 12.1. The normalized spacial score (nSPS) is 13.9. The molecule has 0 amide bonds. The van der Waals surface area contributed by atoms with Gasteiger partial charge in [-0.3, -0.25) is 9.59 Å². The van der Waals surface area contributed by atoms with Gasteiger partial charge in [0.25, 0.3) is 0 Å². The van der Waals surface area contributed by atoms with Crippen LogP contribution in [0.15, 0.2) is 54.1 Å². The van der Waals surface area contributed by atoms with Gasteiger partial charge in [0, 0.05) is 22.3 Å². The zero-order chi connectivity index (χ0) is 15.0. The first-order chi connectivity index (χ1) is 10.1. The summed E-state index contributed by atoms with van der Waals surface area (Å²) < 4.78 is 0. The minimum Gasteiger partial charge on any atom is -0.289 e. The molecule has 0 saturated carbocycles. The number of hydrogen-bond acceptors (Lipinski definition) is 2. The number of carbonyl (C=O) groups is 2. The molecule has 1 aliphatic rings. The first kappa shape index (κ1) is 13.5. The van der Waals surface area contributed by atoms with Gasteiger partial charge in [0.05, 0.1) is 0 Å². The quantitative estimate of drug-likeness (QED) is 0.664. The number of allylic oxidation sites excluding steroid dienone is 2. The van der Waals surface area contributed by atoms with Crippen molar-refractivity contribution in [2.45, 2.75) is 20.3 Å². The van der Waals surface area contributed by atoms with E-state index in [1.165, 1.54) is 5.57 Å². The first-order valence-electron chi connectivity index (χ1n) is 7.05. The molecule has 1 aliphatic carbocycles. The van der Waals surface area contributed by atoms with E-state index in [1.54, 1.807) is 30.3 Å². The summed E-state index contributed by atoms with van der Waals surface area (Å²) in [5.74, 6) is -0.116. The van der Waals surface area contributed by atoms with Gasteiger partial charge in [-0.25, -0.2) is 0 Å². The van der Waals surface area contributed by atoms with E-state index in [-0.39, 0.29) is 11.6 Å². The molecule has 0 fully saturated rings. The number of fused-ring (bicyclic) bond motifs is 2. The molecule has 2 heteroatoms. The van der Waals surface area contributed by atoms with Gasteiger partial charge in [0.15, 0.2) is 11.6 Å². The van der Waals surface area contributed by atoms with Crippen LogP contribution in [-0.4, -0.2) is 11.6 Å². The van der Waals surface area contributed by atoms with Gasteiger partial charge in [0.1, 0.15) is 0 Å². The Morgan fingerprint density at radius 2 is 1.48 bits per heavy atom. The molecule has 104 valence electrons. The van der Waals surface area contributed by atoms with Crippen LogP contribution in [0.1, 0.15) is 51.3 Å². The van der Waals surface area contributed by atoms with Crippen molar-refractivity contribution < 1.29 is 9.59 Å². The Bertz CT molecular complexity index is 782. The topological polar surface area (TPSA) is 34.1 Å². The van der Waals surface area contributed by atoms with E-state index < -0.39 is 0 Å². The van der Waals surface area contributed by atoms with E-state index >= 15 is 0 Å². The standard InChI is InChI=1S/C19H16O2/c1-3-12(2)10-13-8-9-16-17(11-13)19(21)15-7-5-4-6-14(15)18(16)20/h3-9,11H,10H2,1-2H3/b12-3-. The van der Waals surface area contributed by atoms with E-state index in [0.717, 1.165) is 12.0 Å². The average Bonchev–Trinajstić information content (AvgIpc) is 2.52. The fourth-order valence-electron chi connectivity index (χ4n) is 2.68. The van der Waals surface area contributed by atoms with E-state index in [0.29, 0.717) is 22.3 Å². The molecule has 0 aliphatic heterocycles. The Balaban J connectivity index is 2.11. The van der Waals surface area contributed by atoms with Crippen LogP contribution in [-0.2, 0) is 6.42 Å². The molecule has 2 aromatic rings. The lowest BCUT2D eigenvalue weighted by molar-refractivity contribution is 0.0979. The van der Waals surface area contributed by atoms with Gasteiger partial charge in [-0.2, -0.15) is 0 Å². The molecular weight excluding hydrogens is 260 g/mol. The van der Waals surface area contributed by atoms with Crippen LogP contribution in [0.2, 0.25) is 0 Å². The number of carbonyl (C=O) groups excluding carboxylic acids is 2. The molecule has 0 atom stereocenters. The van der Waals surface area contributed by atoms with Crippen molar-refractivity contribution in [1.29, 1.82) is 0 Å². The summed E-state index contributed by atoms with van der Waals surface area (Å²) in [7, 11) is 0. The Kier molecular flexibility index (Phi) is 3.30. The molecule has 0 radical (unpaired) electrons. The van der Waals surface area contributed by atoms with Gasteiger partial charge in [-0.05, 0) is 31.9 Å². The molecule has 2 nitrogen and oxygen atoms in total. The lowest BCUT2D eigenvalue weighted by atomic mass is 9.83. The Morgan fingerprint density at radius 1 is 0.905 bits per heavy atom. The molecule has 0 N–H and O–H groups in total. The van der Waals surface area contributed by atoms with Crippen LogP contribution in [0, 0.1) is 0 Å². The Hall–Kier alpha value is -2.48. The van der Waals surface area contributed by atoms with Gasteiger partial charge in [-0.1, -0.05) is 48.0 Å². The van der Waals surface area contributed by atoms with Crippen LogP contribution in [0.3, 0.4) is 0 Å². The van der Waals surface area contributed by atoms with Crippen molar-refractivity contribution in [2.24, 2.45) is 0 Å². The molecule has 0 bridgehead atoms. The van der Waals surface area contributed by atoms with E-state index in [9.17, 15) is 9.59 Å². The second-order valence-corrected chi connectivity index (χ2v) is 5.40. The molecule has 2 aromatic carbocycles. The minimum atomic E-state index is -0.0606. The lowest BCUT2D eigenvalue weighted by Crippen LogP contribution is -2.20. The van der Waals surface area contributed by atoms with Crippen molar-refractivity contribution >= 4 is 11.6 Å². The maximum atomic E-state index is 12.6. The van der Waals surface area contributed by atoms with Crippen molar-refractivity contribution in [1.82, 2.24) is 0 Å². The summed E-state index contributed by atoms with van der Waals surface area (Å²) >= 11 is 0. The maximum Gasteiger partial charge on any atom is 0.194 e. The van der Waals surface area contributed by atoms with Gasteiger partial charge < -0.3 is 0 Å². The Labute approximate surface area is 124 Å². The molecule has 0 unspecified atom stereocenters. The van der Waals surface area contributed by atoms with Crippen LogP contribution < -0.4 is 0 Å². The van der Waals surface area contributed by atoms with Gasteiger partial charge in [-0.15, -0.1) is 0 Å². The van der Waals surface area contributed by atoms with Crippen LogP contribution in [0.5, 0.6) is 0 Å². The molecule has 0 saturated heterocycles. The zero-order valence-electron chi connectivity index (χ0n) is 12.1. The summed E-state index contributed by atoms with van der Waals surface area (Å²) in [6.07, 6.45) is 2.86. The van der Waals surface area contributed by atoms with Crippen molar-refractivity contribution in [3.05, 3.63) is 81.9 Å². The van der Waals surface area contributed by atoms with Crippen LogP contribution in [0.4, 0.5) is 0 Å². The minimum absolute atomic E-state index is 0.0554. The number of ketones is 2. The molecule has 0 aromatic heterocycles. The van der Waals surface area contributed by atoms with Crippen molar-refractivity contribution in [3.8, 4) is 0 Å². The number of benzene rings is 2. The Morgan fingerprint density at radius 3 is 2.10 bits per heavy atom. The number of hydrogen-bond donors (Lipinski definition) is 0. The van der Waals surface area contributed by atoms with Crippen LogP contribution in [0.25, 0.3) is 0 Å². The summed E-state index contributed by atoms with van der Waals surface area (Å²) in [5.41, 5.74) is 4.36. The lowest BCUT2D eigenvalue weighted by Gasteiger charge is -2.18. The third kappa shape index (κ3) is 2.23. The fraction of sp³-hybridized carbons (Fsp3) is 0.158. The highest BCUT2D eigenvalue weighted by Crippen LogP contribution is 2.28. The summed E-state index contributed by atoms with van der Waals surface area (Å²) in [6.45, 7) is 4.06. The summed E-state index contributed by atoms with van der Waals surface area (Å²) in [6, 6.07) is 12.6. The SMILES string of the molecule is C/C=C(/C)Cc1ccc2c(c1)C(=O)c1ccccc1C2=O. The largest absolute Gasteiger partial charge is 0.289 e. The second kappa shape index (κ2) is 5.13. The van der Waals surface area contributed by atoms with Gasteiger partial charge >= 0.3 is 0 Å². The predicted octanol–water partition coefficient (Wildman–Crippen LogP) is 3.97. The van der Waals surface area contributed by atoms with Crippen LogP contribution >= 0.6 is 0 Å². The average molecular weight is 276 g/mol. The predicted molar refractivity (Wildman–Crippen MR) is 82.9 cm³/mol. The van der Waals surface area contributed by atoms with Gasteiger partial charge in [0.2, 0.25) is 0 Å². The monoisotopic (exact) mass is 276 g/mol. The number of rotatable bonds is 2. The fourth-order valence-corrected chi connectivity index (χ4v) is 2.68. The van der Waals surface area contributed by atoms with E-state index in [2.05, 4.69) is 13.0 Å². The smallest absolute Gasteiger partial charge is 0.194 e. The summed E-state index contributed by atoms with van der Waals surface area (Å²) in [4.78, 5) is 25.1. The molecule has 3 rings (SSSR count). The highest BCUT2D eigenvalue weighted by molar-refractivity contribution is 6.28. The second-order valence-electron chi connectivity index (χ2n) is 5.40. The molecule has 0 heterocycles. The van der Waals surface area contributed by atoms with Crippen molar-refractivity contribution in [3.63, 3.8) is 0 Å². The third-order valence-electron chi connectivity index (χ3n) is 3.97. The molecular formula is C19H16O2. The highest BCUT2D eigenvalue weighted by Gasteiger charge is 2.29. The van der Waals surface area contributed by atoms with E-state index in [4.69, 9.17) is 0 Å². The van der Waals surface area contributed by atoms with E-state index in [1.807, 2.05) is 19.1 Å². The maximum absolute atomic E-state index is 12.6. The highest BCUT2D eigenvalue weighted by atomic mass is 16.1. The molecule has 21 heavy (non-hydrogen) atoms. The third-order valence-corrected chi connectivity index (χ3v) is 3.97.